The Bertz CT molecular complexity index is 647. The van der Waals surface area contributed by atoms with E-state index in [0.717, 1.165) is 32.1 Å². The zero-order chi connectivity index (χ0) is 18.5. The van der Waals surface area contributed by atoms with Crippen molar-refractivity contribution in [1.29, 1.82) is 0 Å². The Labute approximate surface area is 154 Å². The molecule has 3 atom stereocenters. The molecule has 1 saturated heterocycles. The number of fused-ring (bicyclic) bond motifs is 1. The minimum absolute atomic E-state index is 0.0450. The fourth-order valence-corrected chi connectivity index (χ4v) is 4.23. The molecule has 0 radical (unpaired) electrons. The lowest BCUT2D eigenvalue weighted by atomic mass is 9.84. The van der Waals surface area contributed by atoms with Crippen molar-refractivity contribution in [3.05, 3.63) is 29.8 Å². The first-order valence-corrected chi connectivity index (χ1v) is 9.39. The number of carbonyl (C=O) groups excluding carboxylic acids is 1. The summed E-state index contributed by atoms with van der Waals surface area (Å²) in [5.41, 5.74) is 0.492. The summed E-state index contributed by atoms with van der Waals surface area (Å²) in [6.07, 6.45) is 5.43. The molecule has 1 aromatic rings. The third-order valence-corrected chi connectivity index (χ3v) is 5.45. The molecule has 2 fully saturated rings. The Morgan fingerprint density at radius 3 is 2.81 bits per heavy atom. The Hall–Kier alpha value is -2.08. The molecule has 6 nitrogen and oxygen atoms in total. The lowest BCUT2D eigenvalue weighted by Gasteiger charge is -2.33. The number of methoxy groups -OCH3 is 1. The van der Waals surface area contributed by atoms with Crippen LogP contribution in [0.25, 0.3) is 0 Å². The molecule has 2 aliphatic rings. The first-order valence-electron chi connectivity index (χ1n) is 9.39. The summed E-state index contributed by atoms with van der Waals surface area (Å²) < 4.78 is 10.7. The normalized spacial score (nSPS) is 25.0. The number of carbonyl (C=O) groups is 2. The van der Waals surface area contributed by atoms with Crippen LogP contribution in [0.2, 0.25) is 0 Å². The number of rotatable bonds is 7. The molecule has 3 unspecified atom stereocenters. The van der Waals surface area contributed by atoms with Gasteiger partial charge in [-0.3, -0.25) is 4.79 Å². The first kappa shape index (κ1) is 18.7. The summed E-state index contributed by atoms with van der Waals surface area (Å²) in [5.74, 6) is -0.172. The quantitative estimate of drug-likeness (QED) is 0.756. The van der Waals surface area contributed by atoms with Crippen molar-refractivity contribution in [3.8, 4) is 5.75 Å². The second-order valence-electron chi connectivity index (χ2n) is 7.14. The third-order valence-electron chi connectivity index (χ3n) is 5.45. The molecule has 6 heteroatoms. The highest BCUT2D eigenvalue weighted by atomic mass is 16.5. The van der Waals surface area contributed by atoms with Crippen LogP contribution in [0.15, 0.2) is 24.3 Å². The van der Waals surface area contributed by atoms with E-state index in [-0.39, 0.29) is 11.9 Å². The maximum Gasteiger partial charge on any atom is 0.326 e. The molecule has 1 amide bonds. The molecule has 1 aromatic carbocycles. The number of carboxylic acid groups (broad SMARTS) is 1. The van der Waals surface area contributed by atoms with Gasteiger partial charge in [0.2, 0.25) is 0 Å². The molecule has 1 heterocycles. The standard InChI is InChI=1S/C20H27NO5/c1-25-10-5-11-26-16-8-4-7-15(12-16)19(22)21-17-9-3-2-6-14(17)13-18(21)20(23)24/h4,7-8,12,14,17-18H,2-3,5-6,9-11,13H2,1H3,(H,23,24). The van der Waals surface area contributed by atoms with E-state index in [4.69, 9.17) is 9.47 Å². The molecule has 0 bridgehead atoms. The number of hydrogen-bond acceptors (Lipinski definition) is 4. The van der Waals surface area contributed by atoms with E-state index in [0.29, 0.717) is 36.9 Å². The van der Waals surface area contributed by atoms with Crippen molar-refractivity contribution in [2.75, 3.05) is 20.3 Å². The van der Waals surface area contributed by atoms with E-state index in [1.165, 1.54) is 0 Å². The van der Waals surface area contributed by atoms with Gasteiger partial charge in [-0.25, -0.2) is 4.79 Å². The summed E-state index contributed by atoms with van der Waals surface area (Å²) in [6.45, 7) is 1.13. The van der Waals surface area contributed by atoms with E-state index >= 15 is 0 Å². The fraction of sp³-hybridized carbons (Fsp3) is 0.600. The first-order chi connectivity index (χ1) is 12.6. The van der Waals surface area contributed by atoms with Crippen LogP contribution < -0.4 is 4.74 Å². The molecule has 142 valence electrons. The van der Waals surface area contributed by atoms with Gasteiger partial charge in [-0.15, -0.1) is 0 Å². The van der Waals surface area contributed by atoms with Gasteiger partial charge in [0.25, 0.3) is 5.91 Å². The zero-order valence-electron chi connectivity index (χ0n) is 15.2. The molecule has 26 heavy (non-hydrogen) atoms. The van der Waals surface area contributed by atoms with E-state index in [9.17, 15) is 14.7 Å². The van der Waals surface area contributed by atoms with Crippen molar-refractivity contribution >= 4 is 11.9 Å². The van der Waals surface area contributed by atoms with Gasteiger partial charge in [-0.1, -0.05) is 18.9 Å². The number of benzene rings is 1. The van der Waals surface area contributed by atoms with E-state index in [2.05, 4.69) is 0 Å². The lowest BCUT2D eigenvalue weighted by Crippen LogP contribution is -2.46. The highest BCUT2D eigenvalue weighted by Gasteiger charge is 2.47. The van der Waals surface area contributed by atoms with Gasteiger partial charge < -0.3 is 19.5 Å². The van der Waals surface area contributed by atoms with Gasteiger partial charge in [0.15, 0.2) is 0 Å². The predicted octanol–water partition coefficient (Wildman–Crippen LogP) is 2.96. The topological polar surface area (TPSA) is 76.1 Å². The van der Waals surface area contributed by atoms with Crippen LogP contribution in [0.4, 0.5) is 0 Å². The smallest absolute Gasteiger partial charge is 0.326 e. The van der Waals surface area contributed by atoms with Crippen LogP contribution in [0.1, 0.15) is 48.9 Å². The molecule has 1 N–H and O–H groups in total. The number of nitrogens with zero attached hydrogens (tertiary/aromatic N) is 1. The van der Waals surface area contributed by atoms with Crippen LogP contribution in [0.3, 0.4) is 0 Å². The monoisotopic (exact) mass is 361 g/mol. The molecular formula is C20H27NO5. The largest absolute Gasteiger partial charge is 0.493 e. The number of ether oxygens (including phenoxy) is 2. The average molecular weight is 361 g/mol. The van der Waals surface area contributed by atoms with Crippen LogP contribution in [0.5, 0.6) is 5.75 Å². The Morgan fingerprint density at radius 1 is 1.23 bits per heavy atom. The minimum Gasteiger partial charge on any atom is -0.493 e. The van der Waals surface area contributed by atoms with Crippen LogP contribution in [-0.4, -0.2) is 54.3 Å². The maximum atomic E-state index is 13.1. The van der Waals surface area contributed by atoms with Crippen molar-refractivity contribution < 1.29 is 24.2 Å². The molecule has 0 spiro atoms. The summed E-state index contributed by atoms with van der Waals surface area (Å²) in [4.78, 5) is 26.5. The van der Waals surface area contributed by atoms with Crippen molar-refractivity contribution in [2.24, 2.45) is 5.92 Å². The van der Waals surface area contributed by atoms with Gasteiger partial charge in [0.05, 0.1) is 6.61 Å². The molecule has 0 aromatic heterocycles. The van der Waals surface area contributed by atoms with Gasteiger partial charge in [0, 0.05) is 31.7 Å². The van der Waals surface area contributed by atoms with Gasteiger partial charge in [0.1, 0.15) is 11.8 Å². The third kappa shape index (κ3) is 4.01. The second-order valence-corrected chi connectivity index (χ2v) is 7.14. The lowest BCUT2D eigenvalue weighted by molar-refractivity contribution is -0.141. The Morgan fingerprint density at radius 2 is 2.04 bits per heavy atom. The van der Waals surface area contributed by atoms with E-state index in [1.54, 1.807) is 30.2 Å². The summed E-state index contributed by atoms with van der Waals surface area (Å²) >= 11 is 0. The predicted molar refractivity (Wildman–Crippen MR) is 96.4 cm³/mol. The number of aliphatic carboxylic acids is 1. The minimum atomic E-state index is -0.903. The van der Waals surface area contributed by atoms with Crippen LogP contribution in [0, 0.1) is 5.92 Å². The second kappa shape index (κ2) is 8.54. The number of likely N-dealkylation sites (tertiary alicyclic amines) is 1. The summed E-state index contributed by atoms with van der Waals surface area (Å²) in [7, 11) is 1.65. The maximum absolute atomic E-state index is 13.1. The highest BCUT2D eigenvalue weighted by Crippen LogP contribution is 2.40. The van der Waals surface area contributed by atoms with Gasteiger partial charge in [-0.05, 0) is 43.4 Å². The molecular weight excluding hydrogens is 334 g/mol. The van der Waals surface area contributed by atoms with Crippen molar-refractivity contribution in [3.63, 3.8) is 0 Å². The molecule has 1 saturated carbocycles. The average Bonchev–Trinajstić information content (AvgIpc) is 3.05. The van der Waals surface area contributed by atoms with Gasteiger partial charge in [-0.2, -0.15) is 0 Å². The van der Waals surface area contributed by atoms with Crippen LogP contribution in [-0.2, 0) is 9.53 Å². The Balaban J connectivity index is 1.75. The number of carboxylic acids is 1. The molecule has 3 rings (SSSR count). The summed E-state index contributed by atoms with van der Waals surface area (Å²) in [5, 5.41) is 9.62. The van der Waals surface area contributed by atoms with Crippen molar-refractivity contribution in [1.82, 2.24) is 4.90 Å². The molecule has 1 aliphatic heterocycles. The van der Waals surface area contributed by atoms with Gasteiger partial charge >= 0.3 is 5.97 Å². The fourth-order valence-electron chi connectivity index (χ4n) is 4.23. The number of amides is 1. The number of hydrogen-bond donors (Lipinski definition) is 1. The summed E-state index contributed by atoms with van der Waals surface area (Å²) in [6, 6.07) is 6.36. The van der Waals surface area contributed by atoms with Crippen LogP contribution >= 0.6 is 0 Å². The van der Waals surface area contributed by atoms with E-state index < -0.39 is 12.0 Å². The highest BCUT2D eigenvalue weighted by molar-refractivity contribution is 5.97. The van der Waals surface area contributed by atoms with Crippen molar-refractivity contribution in [2.45, 2.75) is 50.6 Å². The zero-order valence-corrected chi connectivity index (χ0v) is 15.2. The van der Waals surface area contributed by atoms with E-state index in [1.807, 2.05) is 6.07 Å². The Kier molecular flexibility index (Phi) is 6.14. The molecule has 1 aliphatic carbocycles. The SMILES string of the molecule is COCCCOc1cccc(C(=O)N2C(C(=O)O)CC3CCCCC32)c1.